The van der Waals surface area contributed by atoms with Gasteiger partial charge in [0.15, 0.2) is 10.7 Å². The number of aromatic nitrogens is 3. The Kier molecular flexibility index (Phi) is 5.30. The third-order valence-corrected chi connectivity index (χ3v) is 7.61. The lowest BCUT2D eigenvalue weighted by Crippen LogP contribution is -2.56. The summed E-state index contributed by atoms with van der Waals surface area (Å²) in [6.07, 6.45) is 2.76. The first kappa shape index (κ1) is 20.8. The number of aryl methyl sites for hydroxylation is 3. The van der Waals surface area contributed by atoms with Crippen LogP contribution in [0.5, 0.6) is 0 Å². The largest absolute Gasteiger partial charge is 0.349 e. The zero-order valence-corrected chi connectivity index (χ0v) is 19.7. The molecule has 0 radical (unpaired) electrons. The molecule has 3 aromatic heterocycles. The number of hydrogen-bond donors (Lipinski definition) is 1. The van der Waals surface area contributed by atoms with Crippen molar-refractivity contribution in [2.24, 2.45) is 0 Å². The summed E-state index contributed by atoms with van der Waals surface area (Å²) >= 11 is 3.04. The summed E-state index contributed by atoms with van der Waals surface area (Å²) in [5.74, 6) is -0.280. The monoisotopic (exact) mass is 465 g/mol. The maximum atomic E-state index is 13.3. The van der Waals surface area contributed by atoms with Crippen molar-refractivity contribution in [3.8, 4) is 10.4 Å². The molecule has 4 aromatic rings. The van der Waals surface area contributed by atoms with Crippen LogP contribution in [0.4, 0.5) is 0 Å². The molecule has 164 valence electrons. The Labute approximate surface area is 193 Å². The van der Waals surface area contributed by atoms with Crippen LogP contribution in [0.3, 0.4) is 0 Å². The number of rotatable bonds is 5. The van der Waals surface area contributed by atoms with Gasteiger partial charge in [-0.25, -0.2) is 9.97 Å². The fourth-order valence-corrected chi connectivity index (χ4v) is 5.68. The van der Waals surface area contributed by atoms with E-state index >= 15 is 0 Å². The van der Waals surface area contributed by atoms with Crippen molar-refractivity contribution in [3.63, 3.8) is 0 Å². The van der Waals surface area contributed by atoms with Gasteiger partial charge in [-0.15, -0.1) is 22.7 Å². The number of thiazole rings is 2. The second kappa shape index (κ2) is 8.14. The van der Waals surface area contributed by atoms with Crippen molar-refractivity contribution in [3.05, 3.63) is 63.5 Å². The average Bonchev–Trinajstić information content (AvgIpc) is 3.43. The van der Waals surface area contributed by atoms with E-state index < -0.39 is 0 Å². The van der Waals surface area contributed by atoms with Crippen LogP contribution in [0.1, 0.15) is 43.7 Å². The van der Waals surface area contributed by atoms with Crippen molar-refractivity contribution in [2.75, 3.05) is 13.1 Å². The van der Waals surface area contributed by atoms with E-state index in [1.807, 2.05) is 59.8 Å². The van der Waals surface area contributed by atoms with E-state index in [1.54, 1.807) is 0 Å². The highest BCUT2D eigenvalue weighted by atomic mass is 32.1. The molecule has 1 aliphatic rings. The topological polar surface area (TPSA) is 79.6 Å². The van der Waals surface area contributed by atoms with Crippen LogP contribution in [0, 0.1) is 20.8 Å². The van der Waals surface area contributed by atoms with Gasteiger partial charge in [-0.05, 0) is 32.8 Å². The Morgan fingerprint density at radius 1 is 1.19 bits per heavy atom. The summed E-state index contributed by atoms with van der Waals surface area (Å²) in [5.41, 5.74) is 3.91. The Hall–Kier alpha value is -3.04. The number of likely N-dealkylation sites (tertiary alicyclic amines) is 1. The van der Waals surface area contributed by atoms with Gasteiger partial charge in [0.1, 0.15) is 5.69 Å². The zero-order chi connectivity index (χ0) is 22.4. The van der Waals surface area contributed by atoms with E-state index in [2.05, 4.69) is 21.4 Å². The predicted octanol–water partition coefficient (Wildman–Crippen LogP) is 4.09. The molecule has 0 saturated carbocycles. The minimum Gasteiger partial charge on any atom is -0.349 e. The molecule has 4 heterocycles. The lowest BCUT2D eigenvalue weighted by atomic mass is 10.0. The molecule has 7 nitrogen and oxygen atoms in total. The molecular formula is C23H23N5O2S2. The molecule has 5 rings (SSSR count). The second-order valence-corrected chi connectivity index (χ2v) is 10.1. The number of nitrogens with zero attached hydrogens (tertiary/aromatic N) is 4. The van der Waals surface area contributed by atoms with E-state index in [4.69, 9.17) is 0 Å². The first-order chi connectivity index (χ1) is 15.4. The van der Waals surface area contributed by atoms with Crippen molar-refractivity contribution >= 4 is 39.4 Å². The minimum absolute atomic E-state index is 0.0390. The maximum absolute atomic E-state index is 13.3. The molecule has 1 N–H and O–H groups in total. The van der Waals surface area contributed by atoms with Gasteiger partial charge in [-0.2, -0.15) is 0 Å². The Bertz CT molecular complexity index is 1340. The molecular weight excluding hydrogens is 442 g/mol. The number of benzene rings is 1. The smallest absolute Gasteiger partial charge is 0.274 e. The van der Waals surface area contributed by atoms with Crippen LogP contribution in [0.15, 0.2) is 35.8 Å². The summed E-state index contributed by atoms with van der Waals surface area (Å²) in [7, 11) is 0. The Morgan fingerprint density at radius 2 is 2.03 bits per heavy atom. The van der Waals surface area contributed by atoms with Crippen LogP contribution in [-0.4, -0.2) is 50.2 Å². The van der Waals surface area contributed by atoms with E-state index in [-0.39, 0.29) is 17.9 Å². The summed E-state index contributed by atoms with van der Waals surface area (Å²) in [5, 5.41) is 5.78. The van der Waals surface area contributed by atoms with E-state index in [1.165, 1.54) is 22.7 Å². The highest BCUT2D eigenvalue weighted by Gasteiger charge is 2.35. The molecule has 0 spiro atoms. The number of carbonyl (C=O) groups is 2. The summed E-state index contributed by atoms with van der Waals surface area (Å²) < 4.78 is 1.91. The molecule has 2 amide bonds. The van der Waals surface area contributed by atoms with Crippen LogP contribution in [0.25, 0.3) is 15.4 Å². The second-order valence-electron chi connectivity index (χ2n) is 8.03. The molecule has 1 aromatic carbocycles. The highest BCUT2D eigenvalue weighted by Crippen LogP contribution is 2.33. The number of nitrogens with one attached hydrogen (secondary N) is 1. The van der Waals surface area contributed by atoms with Crippen molar-refractivity contribution < 1.29 is 9.59 Å². The number of fused-ring (bicyclic) bond motifs is 1. The van der Waals surface area contributed by atoms with E-state index in [9.17, 15) is 9.59 Å². The van der Waals surface area contributed by atoms with Crippen LogP contribution >= 0.6 is 22.7 Å². The van der Waals surface area contributed by atoms with Gasteiger partial charge in [0.2, 0.25) is 0 Å². The first-order valence-electron chi connectivity index (χ1n) is 10.5. The standard InChI is InChI=1S/C23H23N5O2S2/c1-13-5-4-6-16(11-13)20-19(25-15(3)32-20)22(30)28-8-7-17(28)12-24-21(29)18-14(2)27-9-10-31-23(27)26-18/h4-6,9-11,17H,7-8,12H2,1-3H3,(H,24,29). The quantitative estimate of drug-likeness (QED) is 0.482. The van der Waals surface area contributed by atoms with Crippen molar-refractivity contribution in [1.29, 1.82) is 0 Å². The number of hydrogen-bond acceptors (Lipinski definition) is 6. The average molecular weight is 466 g/mol. The first-order valence-corrected chi connectivity index (χ1v) is 12.2. The maximum Gasteiger partial charge on any atom is 0.274 e. The van der Waals surface area contributed by atoms with Crippen molar-refractivity contribution in [2.45, 2.75) is 33.2 Å². The van der Waals surface area contributed by atoms with E-state index in [0.717, 1.165) is 38.1 Å². The number of imidazole rings is 1. The lowest BCUT2D eigenvalue weighted by Gasteiger charge is -2.40. The summed E-state index contributed by atoms with van der Waals surface area (Å²) in [6.45, 7) is 6.92. The third-order valence-electron chi connectivity index (χ3n) is 5.84. The number of amides is 2. The normalized spacial score (nSPS) is 15.7. The fourth-order valence-electron chi connectivity index (χ4n) is 4.02. The van der Waals surface area contributed by atoms with Crippen molar-refractivity contribution in [1.82, 2.24) is 24.6 Å². The number of carbonyl (C=O) groups excluding carboxylic acids is 2. The van der Waals surface area contributed by atoms with Gasteiger partial charge in [0.05, 0.1) is 21.6 Å². The summed E-state index contributed by atoms with van der Waals surface area (Å²) in [4.78, 5) is 38.5. The van der Waals surface area contributed by atoms with Gasteiger partial charge in [0.25, 0.3) is 11.8 Å². The molecule has 1 atom stereocenters. The molecule has 1 saturated heterocycles. The highest BCUT2D eigenvalue weighted by molar-refractivity contribution is 7.15. The lowest BCUT2D eigenvalue weighted by molar-refractivity contribution is 0.0451. The molecule has 9 heteroatoms. The Balaban J connectivity index is 1.29. The summed E-state index contributed by atoms with van der Waals surface area (Å²) in [6, 6.07) is 8.09. The Morgan fingerprint density at radius 3 is 2.75 bits per heavy atom. The van der Waals surface area contributed by atoms with Crippen LogP contribution < -0.4 is 5.32 Å². The van der Waals surface area contributed by atoms with Gasteiger partial charge < -0.3 is 10.2 Å². The SMILES string of the molecule is Cc1cccc(-c2sc(C)nc2C(=O)N2CCC2CNC(=O)c2nc3sccn3c2C)c1. The molecule has 0 bridgehead atoms. The molecule has 1 aliphatic heterocycles. The van der Waals surface area contributed by atoms with E-state index in [0.29, 0.717) is 24.5 Å². The molecule has 1 unspecified atom stereocenters. The minimum atomic E-state index is -0.206. The molecule has 32 heavy (non-hydrogen) atoms. The fraction of sp³-hybridized carbons (Fsp3) is 0.304. The van der Waals surface area contributed by atoms with Crippen LogP contribution in [0.2, 0.25) is 0 Å². The molecule has 1 fully saturated rings. The van der Waals surface area contributed by atoms with Gasteiger partial charge >= 0.3 is 0 Å². The predicted molar refractivity (Wildman–Crippen MR) is 127 cm³/mol. The third kappa shape index (κ3) is 3.61. The van der Waals surface area contributed by atoms with Gasteiger partial charge in [-0.1, -0.05) is 29.8 Å². The van der Waals surface area contributed by atoms with Gasteiger partial charge in [-0.3, -0.25) is 14.0 Å². The van der Waals surface area contributed by atoms with Gasteiger partial charge in [0, 0.05) is 24.7 Å². The molecule has 0 aliphatic carbocycles. The zero-order valence-electron chi connectivity index (χ0n) is 18.1. The van der Waals surface area contributed by atoms with Crippen LogP contribution in [-0.2, 0) is 0 Å².